The fourth-order valence-electron chi connectivity index (χ4n) is 2.68. The Labute approximate surface area is 114 Å². The molecule has 1 heterocycles. The van der Waals surface area contributed by atoms with Gasteiger partial charge in [0.25, 0.3) is 0 Å². The zero-order valence-electron chi connectivity index (χ0n) is 11.6. The fourth-order valence-corrected chi connectivity index (χ4v) is 2.68. The Balaban J connectivity index is 2.19. The van der Waals surface area contributed by atoms with E-state index in [1.165, 1.54) is 5.69 Å². The Morgan fingerprint density at radius 1 is 1.37 bits per heavy atom. The van der Waals surface area contributed by atoms with Crippen LogP contribution >= 0.6 is 0 Å². The molecule has 0 aromatic heterocycles. The van der Waals surface area contributed by atoms with Gasteiger partial charge in [-0.2, -0.15) is 0 Å². The number of hydrogen-bond acceptors (Lipinski definition) is 3. The quantitative estimate of drug-likeness (QED) is 0.905. The van der Waals surface area contributed by atoms with Crippen LogP contribution in [0.1, 0.15) is 19.8 Å². The van der Waals surface area contributed by atoms with Crippen LogP contribution in [0.15, 0.2) is 30.3 Å². The number of aliphatic carboxylic acids is 1. The summed E-state index contributed by atoms with van der Waals surface area (Å²) in [6, 6.07) is 10.8. The first-order valence-corrected chi connectivity index (χ1v) is 6.81. The average molecular weight is 262 g/mol. The van der Waals surface area contributed by atoms with Crippen molar-refractivity contribution < 1.29 is 9.90 Å². The molecule has 0 amide bonds. The Morgan fingerprint density at radius 3 is 2.68 bits per heavy atom. The average Bonchev–Trinajstić information content (AvgIpc) is 2.52. The largest absolute Gasteiger partial charge is 0.481 e. The van der Waals surface area contributed by atoms with E-state index in [4.69, 9.17) is 5.11 Å². The molecule has 0 saturated carbocycles. The van der Waals surface area contributed by atoms with E-state index in [0.29, 0.717) is 6.04 Å². The first-order chi connectivity index (χ1) is 9.08. The van der Waals surface area contributed by atoms with E-state index in [9.17, 15) is 4.79 Å². The minimum absolute atomic E-state index is 0.0719. The van der Waals surface area contributed by atoms with Crippen molar-refractivity contribution in [3.63, 3.8) is 0 Å². The third-order valence-corrected chi connectivity index (χ3v) is 3.96. The van der Waals surface area contributed by atoms with Gasteiger partial charge in [0, 0.05) is 30.9 Å². The van der Waals surface area contributed by atoms with E-state index in [1.807, 2.05) is 25.2 Å². The van der Waals surface area contributed by atoms with Crippen molar-refractivity contribution in [3.8, 4) is 0 Å². The van der Waals surface area contributed by atoms with Gasteiger partial charge in [0.2, 0.25) is 0 Å². The number of rotatable bonds is 3. The molecule has 1 saturated heterocycles. The van der Waals surface area contributed by atoms with Gasteiger partial charge in [-0.05, 0) is 32.5 Å². The molecule has 1 aliphatic rings. The van der Waals surface area contributed by atoms with Crippen LogP contribution in [0.25, 0.3) is 0 Å². The predicted octanol–water partition coefficient (Wildman–Crippen LogP) is 2.06. The molecule has 4 nitrogen and oxygen atoms in total. The van der Waals surface area contributed by atoms with Gasteiger partial charge in [-0.25, -0.2) is 0 Å². The van der Waals surface area contributed by atoms with E-state index in [2.05, 4.69) is 28.9 Å². The second-order valence-corrected chi connectivity index (χ2v) is 5.36. The van der Waals surface area contributed by atoms with Crippen LogP contribution in [-0.2, 0) is 4.79 Å². The predicted molar refractivity (Wildman–Crippen MR) is 76.5 cm³/mol. The van der Waals surface area contributed by atoms with E-state index >= 15 is 0 Å². The number of nitrogens with zero attached hydrogens (tertiary/aromatic N) is 2. The summed E-state index contributed by atoms with van der Waals surface area (Å²) >= 11 is 0. The highest BCUT2D eigenvalue weighted by Crippen LogP contribution is 2.23. The van der Waals surface area contributed by atoms with Gasteiger partial charge in [0.15, 0.2) is 0 Å². The smallest absolute Gasteiger partial charge is 0.305 e. The lowest BCUT2D eigenvalue weighted by molar-refractivity contribution is -0.138. The summed E-state index contributed by atoms with van der Waals surface area (Å²) in [5, 5.41) is 9.05. The molecule has 104 valence electrons. The minimum Gasteiger partial charge on any atom is -0.481 e. The molecule has 0 radical (unpaired) electrons. The standard InChI is InChI=1S/C15H22N2O2/c1-12-8-9-16(2)14(10-15(18)19)11-17(12)13-6-4-3-5-7-13/h3-7,12,14H,8-11H2,1-2H3,(H,18,19). The van der Waals surface area contributed by atoms with Crippen molar-refractivity contribution in [2.45, 2.75) is 31.8 Å². The lowest BCUT2D eigenvalue weighted by atomic mass is 10.1. The highest BCUT2D eigenvalue weighted by atomic mass is 16.4. The lowest BCUT2D eigenvalue weighted by Crippen LogP contribution is -2.42. The molecular weight excluding hydrogens is 240 g/mol. The van der Waals surface area contributed by atoms with Crippen LogP contribution in [0, 0.1) is 0 Å². The van der Waals surface area contributed by atoms with Crippen LogP contribution in [0.4, 0.5) is 5.69 Å². The number of anilines is 1. The van der Waals surface area contributed by atoms with Gasteiger partial charge in [-0.3, -0.25) is 4.79 Å². The molecule has 0 bridgehead atoms. The zero-order chi connectivity index (χ0) is 13.8. The van der Waals surface area contributed by atoms with Crippen LogP contribution in [0.5, 0.6) is 0 Å². The van der Waals surface area contributed by atoms with Gasteiger partial charge >= 0.3 is 5.97 Å². The Morgan fingerprint density at radius 2 is 2.05 bits per heavy atom. The fraction of sp³-hybridized carbons (Fsp3) is 0.533. The maximum absolute atomic E-state index is 11.0. The second-order valence-electron chi connectivity index (χ2n) is 5.36. The van der Waals surface area contributed by atoms with Crippen LogP contribution in [0.3, 0.4) is 0 Å². The summed E-state index contributed by atoms with van der Waals surface area (Å²) in [6.45, 7) is 3.93. The molecule has 1 aromatic carbocycles. The van der Waals surface area contributed by atoms with Crippen LogP contribution in [-0.4, -0.2) is 48.2 Å². The Kier molecular flexibility index (Phi) is 4.43. The number of carboxylic acids is 1. The second kappa shape index (κ2) is 6.06. The SMILES string of the molecule is CC1CCN(C)C(CC(=O)O)CN1c1ccccc1. The van der Waals surface area contributed by atoms with Crippen molar-refractivity contribution in [1.29, 1.82) is 0 Å². The monoisotopic (exact) mass is 262 g/mol. The van der Waals surface area contributed by atoms with Crippen molar-refractivity contribution in [2.24, 2.45) is 0 Å². The summed E-state index contributed by atoms with van der Waals surface area (Å²) in [5.41, 5.74) is 1.18. The van der Waals surface area contributed by atoms with E-state index in [-0.39, 0.29) is 12.5 Å². The lowest BCUT2D eigenvalue weighted by Gasteiger charge is -2.32. The molecule has 19 heavy (non-hydrogen) atoms. The molecule has 0 aliphatic carbocycles. The number of para-hydroxylation sites is 1. The summed E-state index contributed by atoms with van der Waals surface area (Å²) in [5.74, 6) is -0.723. The molecule has 1 N–H and O–H groups in total. The molecular formula is C15H22N2O2. The van der Waals surface area contributed by atoms with E-state index < -0.39 is 5.97 Å². The molecule has 1 aromatic rings. The molecule has 4 heteroatoms. The maximum Gasteiger partial charge on any atom is 0.305 e. The first kappa shape index (κ1) is 13.9. The van der Waals surface area contributed by atoms with Gasteiger partial charge in [-0.1, -0.05) is 18.2 Å². The van der Waals surface area contributed by atoms with Gasteiger partial charge in [0.05, 0.1) is 6.42 Å². The topological polar surface area (TPSA) is 43.8 Å². The first-order valence-electron chi connectivity index (χ1n) is 6.81. The zero-order valence-corrected chi connectivity index (χ0v) is 11.6. The van der Waals surface area contributed by atoms with Crippen molar-refractivity contribution in [1.82, 2.24) is 4.90 Å². The van der Waals surface area contributed by atoms with E-state index in [0.717, 1.165) is 19.5 Å². The highest BCUT2D eigenvalue weighted by Gasteiger charge is 2.28. The molecule has 1 fully saturated rings. The number of carbonyl (C=O) groups is 1. The Hall–Kier alpha value is -1.55. The van der Waals surface area contributed by atoms with Crippen LogP contribution < -0.4 is 4.90 Å². The molecule has 2 rings (SSSR count). The Bertz CT molecular complexity index is 421. The minimum atomic E-state index is -0.723. The molecule has 2 atom stereocenters. The summed E-state index contributed by atoms with van der Waals surface area (Å²) < 4.78 is 0. The third-order valence-electron chi connectivity index (χ3n) is 3.96. The number of carboxylic acid groups (broad SMARTS) is 1. The summed E-state index contributed by atoms with van der Waals surface area (Å²) in [6.07, 6.45) is 1.26. The van der Waals surface area contributed by atoms with Gasteiger partial charge < -0.3 is 14.9 Å². The van der Waals surface area contributed by atoms with E-state index in [1.54, 1.807) is 0 Å². The van der Waals surface area contributed by atoms with Gasteiger partial charge in [-0.15, -0.1) is 0 Å². The number of likely N-dealkylation sites (N-methyl/N-ethyl adjacent to an activating group) is 1. The number of hydrogen-bond donors (Lipinski definition) is 1. The van der Waals surface area contributed by atoms with Crippen molar-refractivity contribution >= 4 is 11.7 Å². The molecule has 0 spiro atoms. The summed E-state index contributed by atoms with van der Waals surface area (Å²) in [7, 11) is 2.02. The normalized spacial score (nSPS) is 25.1. The number of benzene rings is 1. The van der Waals surface area contributed by atoms with Gasteiger partial charge in [0.1, 0.15) is 0 Å². The third kappa shape index (κ3) is 3.47. The van der Waals surface area contributed by atoms with Crippen molar-refractivity contribution in [2.75, 3.05) is 25.0 Å². The molecule has 1 aliphatic heterocycles. The van der Waals surface area contributed by atoms with Crippen LogP contribution in [0.2, 0.25) is 0 Å². The molecule has 2 unspecified atom stereocenters. The highest BCUT2D eigenvalue weighted by molar-refractivity contribution is 5.67. The van der Waals surface area contributed by atoms with Crippen molar-refractivity contribution in [3.05, 3.63) is 30.3 Å². The maximum atomic E-state index is 11.0. The summed E-state index contributed by atoms with van der Waals surface area (Å²) in [4.78, 5) is 15.5.